The molecule has 0 amide bonds. The summed E-state index contributed by atoms with van der Waals surface area (Å²) in [6, 6.07) is 6.25. The highest BCUT2D eigenvalue weighted by Crippen LogP contribution is 2.39. The predicted octanol–water partition coefficient (Wildman–Crippen LogP) is 2.38. The Morgan fingerprint density at radius 2 is 0.861 bits per heavy atom. The Morgan fingerprint density at radius 1 is 0.583 bits per heavy atom. The number of methoxy groups -OCH3 is 6. The molecule has 198 valence electrons. The fourth-order valence-electron chi connectivity index (χ4n) is 3.39. The molecule has 0 heterocycles. The highest BCUT2D eigenvalue weighted by molar-refractivity contribution is 5.83. The first kappa shape index (κ1) is 28.3. The lowest BCUT2D eigenvalue weighted by Gasteiger charge is -2.22. The molecular weight excluding hydrogens is 480 g/mol. The monoisotopic (exact) mass is 510 g/mol. The average molecular weight is 510 g/mol. The molecule has 2 atom stereocenters. The molecule has 2 N–H and O–H groups in total. The molecule has 0 radical (unpaired) electrons. The molecule has 0 bridgehead atoms. The van der Waals surface area contributed by atoms with E-state index in [-0.39, 0.29) is 13.2 Å². The first-order valence-electron chi connectivity index (χ1n) is 10.5. The van der Waals surface area contributed by atoms with E-state index < -0.39 is 24.1 Å². The van der Waals surface area contributed by atoms with E-state index in [1.807, 2.05) is 0 Å². The third-order valence-corrected chi connectivity index (χ3v) is 5.07. The topological polar surface area (TPSA) is 148 Å². The molecule has 12 nitrogen and oxygen atoms in total. The summed E-state index contributed by atoms with van der Waals surface area (Å²) in [5.41, 5.74) is 0.925. The molecule has 36 heavy (non-hydrogen) atoms. The second kappa shape index (κ2) is 13.3. The number of hydrogen-bond donors (Lipinski definition) is 2. The predicted molar refractivity (Wildman–Crippen MR) is 125 cm³/mol. The van der Waals surface area contributed by atoms with Gasteiger partial charge < -0.3 is 48.1 Å². The first-order valence-corrected chi connectivity index (χ1v) is 10.5. The summed E-state index contributed by atoms with van der Waals surface area (Å²) in [5, 5.41) is 19.4. The van der Waals surface area contributed by atoms with Crippen LogP contribution < -0.4 is 28.4 Å². The molecule has 12 heteroatoms. The van der Waals surface area contributed by atoms with Crippen LogP contribution in [0.15, 0.2) is 24.3 Å². The number of aliphatic carboxylic acids is 2. The molecule has 0 aliphatic carbocycles. The van der Waals surface area contributed by atoms with Crippen LogP contribution in [0, 0.1) is 0 Å². The maximum Gasteiger partial charge on any atom is 0.336 e. The minimum absolute atomic E-state index is 0.273. The van der Waals surface area contributed by atoms with E-state index in [4.69, 9.17) is 37.9 Å². The van der Waals surface area contributed by atoms with Crippen molar-refractivity contribution in [2.75, 3.05) is 42.7 Å². The SMILES string of the molecule is COc1cc(CO[C@@H](C(=O)O)[C@@H](OCc2cc(OC)c(OC)c(OC)c2)C(=O)O)cc(OC)c1OC. The fraction of sp³-hybridized carbons (Fsp3) is 0.417. The summed E-state index contributed by atoms with van der Waals surface area (Å²) in [4.78, 5) is 23.8. The van der Waals surface area contributed by atoms with E-state index in [2.05, 4.69) is 0 Å². The van der Waals surface area contributed by atoms with Crippen LogP contribution in [0.5, 0.6) is 34.5 Å². The van der Waals surface area contributed by atoms with Crippen molar-refractivity contribution < 1.29 is 57.7 Å². The van der Waals surface area contributed by atoms with Crippen LogP contribution in [0.3, 0.4) is 0 Å². The minimum Gasteiger partial charge on any atom is -0.493 e. The molecule has 0 aromatic heterocycles. The average Bonchev–Trinajstić information content (AvgIpc) is 2.88. The zero-order valence-electron chi connectivity index (χ0n) is 20.9. The van der Waals surface area contributed by atoms with Gasteiger partial charge in [-0.1, -0.05) is 0 Å². The molecule has 0 unspecified atom stereocenters. The van der Waals surface area contributed by atoms with Crippen LogP contribution >= 0.6 is 0 Å². The van der Waals surface area contributed by atoms with E-state index in [0.717, 1.165) is 0 Å². The van der Waals surface area contributed by atoms with Gasteiger partial charge in [0, 0.05) is 0 Å². The van der Waals surface area contributed by atoms with E-state index in [1.165, 1.54) is 42.7 Å². The van der Waals surface area contributed by atoms with Crippen molar-refractivity contribution in [1.29, 1.82) is 0 Å². The number of carbonyl (C=O) groups is 2. The zero-order chi connectivity index (χ0) is 26.8. The number of rotatable bonds is 15. The number of carboxylic acids is 2. The lowest BCUT2D eigenvalue weighted by molar-refractivity contribution is -0.179. The highest BCUT2D eigenvalue weighted by atomic mass is 16.6. The minimum atomic E-state index is -1.83. The van der Waals surface area contributed by atoms with Gasteiger partial charge in [0.05, 0.1) is 55.9 Å². The molecule has 0 spiro atoms. The Labute approximate surface area is 208 Å². The van der Waals surface area contributed by atoms with Gasteiger partial charge in [-0.3, -0.25) is 0 Å². The summed E-state index contributed by atoms with van der Waals surface area (Å²) in [5.74, 6) is -1.02. The van der Waals surface area contributed by atoms with Gasteiger partial charge in [0.2, 0.25) is 11.5 Å². The van der Waals surface area contributed by atoms with E-state index in [9.17, 15) is 19.8 Å². The van der Waals surface area contributed by atoms with Crippen LogP contribution in [0.4, 0.5) is 0 Å². The first-order chi connectivity index (χ1) is 17.2. The van der Waals surface area contributed by atoms with Gasteiger partial charge in [-0.15, -0.1) is 0 Å². The van der Waals surface area contributed by atoms with Gasteiger partial charge in [-0.05, 0) is 35.4 Å². The standard InChI is InChI=1S/C24H30O12/c1-29-15-7-13(8-16(30-2)19(15)33-5)11-35-21(23(25)26)22(24(27)28)36-12-14-9-17(31-3)20(34-6)18(10-14)32-4/h7-10,21-22H,11-12H2,1-6H3,(H,25,26)(H,27,28)/t21-,22-/m1/s1. The number of benzene rings is 2. The Bertz CT molecular complexity index is 918. The van der Waals surface area contributed by atoms with Crippen LogP contribution in [-0.4, -0.2) is 77.0 Å². The van der Waals surface area contributed by atoms with Gasteiger partial charge in [0.25, 0.3) is 0 Å². The molecule has 0 aliphatic heterocycles. The third-order valence-electron chi connectivity index (χ3n) is 5.07. The van der Waals surface area contributed by atoms with E-state index in [1.54, 1.807) is 24.3 Å². The molecule has 0 fully saturated rings. The van der Waals surface area contributed by atoms with Gasteiger partial charge in [-0.2, -0.15) is 0 Å². The van der Waals surface area contributed by atoms with Crippen molar-refractivity contribution in [3.05, 3.63) is 35.4 Å². The molecule has 0 saturated heterocycles. The molecule has 2 aromatic rings. The Morgan fingerprint density at radius 3 is 1.06 bits per heavy atom. The molecule has 0 saturated carbocycles. The van der Waals surface area contributed by atoms with Crippen molar-refractivity contribution in [3.63, 3.8) is 0 Å². The van der Waals surface area contributed by atoms with Crippen LogP contribution in [-0.2, 0) is 32.3 Å². The Kier molecular flexibility index (Phi) is 10.4. The lowest BCUT2D eigenvalue weighted by atomic mass is 10.1. The van der Waals surface area contributed by atoms with Crippen molar-refractivity contribution in [2.45, 2.75) is 25.4 Å². The largest absolute Gasteiger partial charge is 0.493 e. The summed E-state index contributed by atoms with van der Waals surface area (Å²) >= 11 is 0. The summed E-state index contributed by atoms with van der Waals surface area (Å²) < 4.78 is 42.6. The fourth-order valence-corrected chi connectivity index (χ4v) is 3.39. The molecule has 2 rings (SSSR count). The maximum absolute atomic E-state index is 11.9. The van der Waals surface area contributed by atoms with Crippen LogP contribution in [0.1, 0.15) is 11.1 Å². The smallest absolute Gasteiger partial charge is 0.336 e. The number of hydrogen-bond acceptors (Lipinski definition) is 10. The third kappa shape index (κ3) is 6.61. The van der Waals surface area contributed by atoms with Crippen molar-refractivity contribution >= 4 is 11.9 Å². The lowest BCUT2D eigenvalue weighted by Crippen LogP contribution is -2.43. The highest BCUT2D eigenvalue weighted by Gasteiger charge is 2.36. The van der Waals surface area contributed by atoms with Gasteiger partial charge >= 0.3 is 11.9 Å². The normalized spacial score (nSPS) is 12.3. The summed E-state index contributed by atoms with van der Waals surface area (Å²) in [7, 11) is 8.61. The quantitative estimate of drug-likeness (QED) is 0.362. The van der Waals surface area contributed by atoms with Gasteiger partial charge in [0.15, 0.2) is 35.2 Å². The molecule has 0 aliphatic rings. The molecular formula is C24H30O12. The Hall–Kier alpha value is -3.90. The zero-order valence-corrected chi connectivity index (χ0v) is 20.9. The second-order valence-corrected chi connectivity index (χ2v) is 7.21. The van der Waals surface area contributed by atoms with Crippen molar-refractivity contribution in [1.82, 2.24) is 0 Å². The summed E-state index contributed by atoms with van der Waals surface area (Å²) in [6.45, 7) is -0.546. The van der Waals surface area contributed by atoms with Crippen molar-refractivity contribution in [2.24, 2.45) is 0 Å². The Balaban J connectivity index is 2.25. The van der Waals surface area contributed by atoms with Crippen LogP contribution in [0.25, 0.3) is 0 Å². The van der Waals surface area contributed by atoms with Gasteiger partial charge in [0.1, 0.15) is 0 Å². The van der Waals surface area contributed by atoms with E-state index >= 15 is 0 Å². The van der Waals surface area contributed by atoms with E-state index in [0.29, 0.717) is 45.6 Å². The summed E-state index contributed by atoms with van der Waals surface area (Å²) in [6.07, 6.45) is -3.66. The maximum atomic E-state index is 11.9. The van der Waals surface area contributed by atoms with Crippen molar-refractivity contribution in [3.8, 4) is 34.5 Å². The van der Waals surface area contributed by atoms with Gasteiger partial charge in [-0.25, -0.2) is 9.59 Å². The molecule has 2 aromatic carbocycles. The second-order valence-electron chi connectivity index (χ2n) is 7.21. The van der Waals surface area contributed by atoms with Crippen LogP contribution in [0.2, 0.25) is 0 Å². The number of ether oxygens (including phenoxy) is 8. The number of carboxylic acid groups (broad SMARTS) is 2.